The van der Waals surface area contributed by atoms with Gasteiger partial charge in [0.25, 0.3) is 0 Å². The smallest absolute Gasteiger partial charge is 0.550 e. The standard InChI is InChI=1S/C6H8O7.Ce.K.Zr/c7-3(8)1-6(13,5(11)12)2-4(9)10;;;/h13H,1-2H2,(H,7,8)(H,9,10)(H,11,12);;;/q;+3;+1;+4/p-3. The molecule has 10 heteroatoms. The van der Waals surface area contributed by atoms with Gasteiger partial charge in [0.1, 0.15) is 5.60 Å². The molecule has 0 spiro atoms. The number of carboxylic acids is 3. The molecule has 0 aliphatic rings. The molecule has 7 nitrogen and oxygen atoms in total. The average molecular weight is 460 g/mol. The van der Waals surface area contributed by atoms with Gasteiger partial charge >= 0.3 is 119 Å². The summed E-state index contributed by atoms with van der Waals surface area (Å²) in [5.74, 6) is -5.98. The van der Waals surface area contributed by atoms with E-state index in [-0.39, 0.29) is 119 Å². The van der Waals surface area contributed by atoms with Crippen LogP contribution in [0.15, 0.2) is 0 Å². The van der Waals surface area contributed by atoms with Crippen molar-refractivity contribution in [1.29, 1.82) is 0 Å². The topological polar surface area (TPSA) is 141 Å². The number of hydrogen-bond acceptors (Lipinski definition) is 7. The molecule has 16 heavy (non-hydrogen) atoms. The quantitative estimate of drug-likeness (QED) is 0.403. The van der Waals surface area contributed by atoms with Gasteiger partial charge in [0.05, 0.1) is 5.97 Å². The molecule has 75 valence electrons. The van der Waals surface area contributed by atoms with E-state index in [1.54, 1.807) is 0 Å². The van der Waals surface area contributed by atoms with E-state index in [9.17, 15) is 29.7 Å². The fraction of sp³-hybridized carbons (Fsp3) is 0.500. The van der Waals surface area contributed by atoms with Crippen LogP contribution >= 0.6 is 0 Å². The third-order valence-electron chi connectivity index (χ3n) is 1.25. The minimum Gasteiger partial charge on any atom is -0.550 e. The molecule has 0 heterocycles. The summed E-state index contributed by atoms with van der Waals surface area (Å²) in [4.78, 5) is 30.0. The van der Waals surface area contributed by atoms with Crippen LogP contribution in [-0.2, 0) is 40.6 Å². The number of carbonyl (C=O) groups excluding carboxylic acids is 3. The molecule has 0 aromatic rings. The Bertz CT molecular complexity index is 243. The zero-order valence-corrected chi connectivity index (χ0v) is 17.0. The number of carboxylic acid groups (broad SMARTS) is 3. The minimum absolute atomic E-state index is 0. The van der Waals surface area contributed by atoms with Gasteiger partial charge in [0.15, 0.2) is 0 Å². The van der Waals surface area contributed by atoms with Crippen molar-refractivity contribution in [2.75, 3.05) is 0 Å². The van der Waals surface area contributed by atoms with Crippen molar-refractivity contribution in [3.63, 3.8) is 0 Å². The summed E-state index contributed by atoms with van der Waals surface area (Å²) in [5.41, 5.74) is -2.97. The second-order valence-corrected chi connectivity index (χ2v) is 2.42. The second-order valence-electron chi connectivity index (χ2n) is 2.42. The number of aliphatic carboxylic acids is 3. The van der Waals surface area contributed by atoms with Gasteiger partial charge in [-0.2, -0.15) is 0 Å². The number of carbonyl (C=O) groups is 3. The van der Waals surface area contributed by atoms with E-state index in [4.69, 9.17) is 5.11 Å². The third-order valence-corrected chi connectivity index (χ3v) is 1.25. The summed E-state index contributed by atoms with van der Waals surface area (Å²) in [6, 6.07) is 0. The summed E-state index contributed by atoms with van der Waals surface area (Å²) in [5, 5.41) is 38.9. The molecule has 0 aliphatic heterocycles. The predicted octanol–water partition coefficient (Wildman–Crippen LogP) is -8.25. The van der Waals surface area contributed by atoms with Crippen LogP contribution in [0.25, 0.3) is 0 Å². The van der Waals surface area contributed by atoms with E-state index < -0.39 is 36.4 Å². The Hall–Kier alpha value is 2.27. The monoisotopic (exact) mass is 458 g/mol. The van der Waals surface area contributed by atoms with Gasteiger partial charge in [-0.05, 0) is 0 Å². The molecule has 0 bridgehead atoms. The zero-order chi connectivity index (χ0) is 10.6. The molecule has 0 aromatic carbocycles. The summed E-state index contributed by atoms with van der Waals surface area (Å²) in [6.45, 7) is 0. The predicted molar refractivity (Wildman–Crippen MR) is 29.2 cm³/mol. The van der Waals surface area contributed by atoms with Crippen LogP contribution in [-0.4, -0.2) is 28.6 Å². The third kappa shape index (κ3) is 11.4. The van der Waals surface area contributed by atoms with Gasteiger partial charge in [0.2, 0.25) is 0 Å². The fourth-order valence-electron chi connectivity index (χ4n) is 0.684. The van der Waals surface area contributed by atoms with E-state index in [1.807, 2.05) is 0 Å². The fourth-order valence-corrected chi connectivity index (χ4v) is 0.684. The van der Waals surface area contributed by atoms with Gasteiger partial charge in [-0.1, -0.05) is 0 Å². The molecule has 0 unspecified atom stereocenters. The van der Waals surface area contributed by atoms with Crippen LogP contribution in [0.1, 0.15) is 12.8 Å². The Labute approximate surface area is 186 Å². The van der Waals surface area contributed by atoms with Crippen LogP contribution in [0.3, 0.4) is 0 Å². The summed E-state index contributed by atoms with van der Waals surface area (Å²) < 4.78 is 0. The van der Waals surface area contributed by atoms with E-state index in [2.05, 4.69) is 0 Å². The summed E-state index contributed by atoms with van der Waals surface area (Å²) in [7, 11) is 0. The van der Waals surface area contributed by atoms with Crippen molar-refractivity contribution >= 4 is 17.9 Å². The van der Waals surface area contributed by atoms with E-state index in [0.29, 0.717) is 0 Å². The molecule has 0 aromatic heterocycles. The largest absolute Gasteiger partial charge is 4.00 e. The normalized spacial score (nSPS) is 8.81. The van der Waals surface area contributed by atoms with E-state index in [0.717, 1.165) is 0 Å². The average Bonchev–Trinajstić information content (AvgIpc) is 1.82. The van der Waals surface area contributed by atoms with Crippen molar-refractivity contribution < 1.29 is 154 Å². The first-order valence-corrected chi connectivity index (χ1v) is 3.11. The molecule has 0 amide bonds. The van der Waals surface area contributed by atoms with Crippen LogP contribution < -0.4 is 66.7 Å². The van der Waals surface area contributed by atoms with Crippen molar-refractivity contribution in [3.05, 3.63) is 0 Å². The molecule has 0 aliphatic carbocycles. The van der Waals surface area contributed by atoms with Crippen molar-refractivity contribution in [2.45, 2.75) is 18.4 Å². The van der Waals surface area contributed by atoms with Crippen molar-refractivity contribution in [2.24, 2.45) is 0 Å². The second kappa shape index (κ2) is 12.3. The van der Waals surface area contributed by atoms with E-state index in [1.165, 1.54) is 0 Å². The van der Waals surface area contributed by atoms with Gasteiger partial charge in [-0.15, -0.1) is 0 Å². The van der Waals surface area contributed by atoms with Crippen molar-refractivity contribution in [3.8, 4) is 0 Å². The molecule has 0 saturated heterocycles. The first kappa shape index (κ1) is 26.8. The maximum Gasteiger partial charge on any atom is 4.00 e. The van der Waals surface area contributed by atoms with Gasteiger partial charge in [-0.25, -0.2) is 0 Å². The maximum absolute atomic E-state index is 10.1. The van der Waals surface area contributed by atoms with Crippen LogP contribution in [0.2, 0.25) is 0 Å². The van der Waals surface area contributed by atoms with Gasteiger partial charge in [0, 0.05) is 24.8 Å². The minimum atomic E-state index is -2.97. The molecule has 1 radical (unpaired) electrons. The Balaban J connectivity index is -0.000000240. The summed E-state index contributed by atoms with van der Waals surface area (Å²) >= 11 is 0. The number of hydrogen-bond donors (Lipinski definition) is 1. The van der Waals surface area contributed by atoms with Crippen LogP contribution in [0.4, 0.5) is 0 Å². The SMILES string of the molecule is O=C([O-])CC(O)(CC(=O)[O-])C(=O)[O-].[Ce+3].[K+].[Zr+4]. The van der Waals surface area contributed by atoms with Gasteiger partial charge in [-0.3, -0.25) is 0 Å². The van der Waals surface area contributed by atoms with Gasteiger partial charge < -0.3 is 34.8 Å². The number of aliphatic hydroxyl groups is 1. The first-order valence-electron chi connectivity index (χ1n) is 3.11. The molecule has 1 N–H and O–H groups in total. The Kier molecular flexibility index (Phi) is 20.6. The summed E-state index contributed by atoms with van der Waals surface area (Å²) in [6.07, 6.45) is -2.72. The Morgan fingerprint density at radius 2 is 1.25 bits per heavy atom. The van der Waals surface area contributed by atoms with Crippen LogP contribution in [0, 0.1) is 41.7 Å². The molecular weight excluding hydrogens is 454 g/mol. The first-order chi connectivity index (χ1) is 5.78. The number of rotatable bonds is 5. The molecule has 0 atom stereocenters. The molecule has 0 saturated carbocycles. The van der Waals surface area contributed by atoms with E-state index >= 15 is 0 Å². The maximum atomic E-state index is 10.1. The Morgan fingerprint density at radius 3 is 1.38 bits per heavy atom. The Morgan fingerprint density at radius 1 is 1.00 bits per heavy atom. The molecule has 0 rings (SSSR count). The van der Waals surface area contributed by atoms with Crippen LogP contribution in [0.5, 0.6) is 0 Å². The molecule has 0 fully saturated rings. The zero-order valence-electron chi connectivity index (χ0n) is 8.31. The molecular formula is C6H5CeKO7Zr+5. The van der Waals surface area contributed by atoms with Crippen molar-refractivity contribution in [1.82, 2.24) is 0 Å².